The molecule has 0 spiro atoms. The van der Waals surface area contributed by atoms with E-state index in [0.29, 0.717) is 6.61 Å². The van der Waals surface area contributed by atoms with Crippen molar-refractivity contribution in [3.05, 3.63) is 87.4 Å². The summed E-state index contributed by atoms with van der Waals surface area (Å²) in [6, 6.07) is 20.6. The lowest BCUT2D eigenvalue weighted by atomic mass is 10.1. The van der Waals surface area contributed by atoms with Crippen molar-refractivity contribution >= 4 is 21.6 Å². The van der Waals surface area contributed by atoms with Gasteiger partial charge in [0.25, 0.3) is 0 Å². The maximum Gasteiger partial charge on any atom is 0.161 e. The summed E-state index contributed by atoms with van der Waals surface area (Å²) < 4.78 is 12.5. The summed E-state index contributed by atoms with van der Waals surface area (Å²) in [4.78, 5) is 0. The molecule has 140 valence electrons. The topological polar surface area (TPSA) is 30.5 Å². The van der Waals surface area contributed by atoms with Crippen LogP contribution in [0.3, 0.4) is 0 Å². The number of rotatable bonds is 7. The fraction of sp³-hybridized carbons (Fsp3) is 0.217. The minimum Gasteiger partial charge on any atom is -0.493 e. The van der Waals surface area contributed by atoms with Crippen molar-refractivity contribution in [3.63, 3.8) is 0 Å². The van der Waals surface area contributed by atoms with Gasteiger partial charge in [-0.2, -0.15) is 0 Å². The first kappa shape index (κ1) is 19.3. The molecule has 27 heavy (non-hydrogen) atoms. The molecular formula is C23H24BrNO2. The number of hydrogen-bond donors (Lipinski definition) is 1. The zero-order valence-corrected chi connectivity index (χ0v) is 17.5. The third-order valence-electron chi connectivity index (χ3n) is 4.54. The molecule has 0 aliphatic heterocycles. The Morgan fingerprint density at radius 2 is 1.56 bits per heavy atom. The molecule has 0 fully saturated rings. The van der Waals surface area contributed by atoms with Gasteiger partial charge >= 0.3 is 0 Å². The Labute approximate surface area is 169 Å². The Balaban J connectivity index is 1.64. The monoisotopic (exact) mass is 425 g/mol. The van der Waals surface area contributed by atoms with E-state index in [1.165, 1.54) is 11.1 Å². The smallest absolute Gasteiger partial charge is 0.161 e. The Morgan fingerprint density at radius 1 is 0.815 bits per heavy atom. The summed E-state index contributed by atoms with van der Waals surface area (Å²) in [6.45, 7) is 5.48. The fourth-order valence-electron chi connectivity index (χ4n) is 2.74. The predicted molar refractivity (Wildman–Crippen MR) is 115 cm³/mol. The minimum absolute atomic E-state index is 0.504. The third kappa shape index (κ3) is 5.27. The van der Waals surface area contributed by atoms with Crippen LogP contribution in [0, 0.1) is 13.8 Å². The molecular weight excluding hydrogens is 402 g/mol. The molecule has 3 rings (SSSR count). The predicted octanol–water partition coefficient (Wildman–Crippen LogP) is 6.27. The molecule has 0 heterocycles. The van der Waals surface area contributed by atoms with Crippen molar-refractivity contribution in [1.82, 2.24) is 0 Å². The van der Waals surface area contributed by atoms with Gasteiger partial charge in [0.1, 0.15) is 6.61 Å². The maximum atomic E-state index is 5.94. The standard InChI is InChI=1S/C23H24BrNO2/c1-16-4-10-21(12-17(16)2)25-14-19-7-11-22(23(13-19)26-3)27-15-18-5-8-20(24)9-6-18/h4-13,25H,14-15H2,1-3H3. The van der Waals surface area contributed by atoms with Gasteiger partial charge in [0, 0.05) is 16.7 Å². The largest absolute Gasteiger partial charge is 0.493 e. The minimum atomic E-state index is 0.504. The molecule has 3 aromatic carbocycles. The van der Waals surface area contributed by atoms with Crippen LogP contribution >= 0.6 is 15.9 Å². The molecule has 0 aliphatic rings. The SMILES string of the molecule is COc1cc(CNc2ccc(C)c(C)c2)ccc1OCc1ccc(Br)cc1. The van der Waals surface area contributed by atoms with Gasteiger partial charge < -0.3 is 14.8 Å². The highest BCUT2D eigenvalue weighted by Crippen LogP contribution is 2.29. The van der Waals surface area contributed by atoms with E-state index in [0.717, 1.165) is 39.3 Å². The highest BCUT2D eigenvalue weighted by molar-refractivity contribution is 9.10. The number of aryl methyl sites for hydroxylation is 2. The Bertz CT molecular complexity index is 907. The van der Waals surface area contributed by atoms with Gasteiger partial charge in [-0.3, -0.25) is 0 Å². The first-order valence-electron chi connectivity index (χ1n) is 8.90. The molecule has 0 amide bonds. The summed E-state index contributed by atoms with van der Waals surface area (Å²) >= 11 is 3.44. The second-order valence-corrected chi connectivity index (χ2v) is 7.47. The summed E-state index contributed by atoms with van der Waals surface area (Å²) in [6.07, 6.45) is 0. The lowest BCUT2D eigenvalue weighted by Crippen LogP contribution is -2.02. The first-order chi connectivity index (χ1) is 13.0. The zero-order chi connectivity index (χ0) is 19.2. The van der Waals surface area contributed by atoms with Gasteiger partial charge in [0.05, 0.1) is 7.11 Å². The van der Waals surface area contributed by atoms with Crippen molar-refractivity contribution in [2.24, 2.45) is 0 Å². The highest BCUT2D eigenvalue weighted by atomic mass is 79.9. The molecule has 0 unspecified atom stereocenters. The van der Waals surface area contributed by atoms with Crippen molar-refractivity contribution in [2.45, 2.75) is 27.0 Å². The summed E-state index contributed by atoms with van der Waals surface area (Å²) in [7, 11) is 1.67. The van der Waals surface area contributed by atoms with E-state index in [1.54, 1.807) is 7.11 Å². The molecule has 0 saturated heterocycles. The number of anilines is 1. The summed E-state index contributed by atoms with van der Waals surface area (Å²) in [5.74, 6) is 1.49. The van der Waals surface area contributed by atoms with Crippen LogP contribution in [0.1, 0.15) is 22.3 Å². The van der Waals surface area contributed by atoms with Crippen molar-refractivity contribution in [2.75, 3.05) is 12.4 Å². The van der Waals surface area contributed by atoms with Gasteiger partial charge in [-0.25, -0.2) is 0 Å². The number of nitrogens with one attached hydrogen (secondary N) is 1. The first-order valence-corrected chi connectivity index (χ1v) is 9.70. The van der Waals surface area contributed by atoms with Crippen LogP contribution in [0.25, 0.3) is 0 Å². The number of hydrogen-bond acceptors (Lipinski definition) is 3. The Hall–Kier alpha value is -2.46. The van der Waals surface area contributed by atoms with Crippen molar-refractivity contribution < 1.29 is 9.47 Å². The number of halogens is 1. The highest BCUT2D eigenvalue weighted by Gasteiger charge is 2.07. The Kier molecular flexibility index (Phi) is 6.40. The lowest BCUT2D eigenvalue weighted by Gasteiger charge is -2.13. The van der Waals surface area contributed by atoms with E-state index in [1.807, 2.05) is 36.4 Å². The molecule has 3 nitrogen and oxygen atoms in total. The second-order valence-electron chi connectivity index (χ2n) is 6.55. The van der Waals surface area contributed by atoms with Gasteiger partial charge in [-0.1, -0.05) is 40.2 Å². The molecule has 0 atom stereocenters. The lowest BCUT2D eigenvalue weighted by molar-refractivity contribution is 0.284. The van der Waals surface area contributed by atoms with Crippen LogP contribution in [-0.2, 0) is 13.2 Å². The molecule has 1 N–H and O–H groups in total. The maximum absolute atomic E-state index is 5.94. The van der Waals surface area contributed by atoms with Crippen LogP contribution in [0.5, 0.6) is 11.5 Å². The molecule has 0 bridgehead atoms. The zero-order valence-electron chi connectivity index (χ0n) is 15.9. The van der Waals surface area contributed by atoms with E-state index >= 15 is 0 Å². The van der Waals surface area contributed by atoms with Gasteiger partial charge in [0.15, 0.2) is 11.5 Å². The van der Waals surface area contributed by atoms with Gasteiger partial charge in [-0.05, 0) is 72.5 Å². The van der Waals surface area contributed by atoms with E-state index in [4.69, 9.17) is 9.47 Å². The molecule has 0 saturated carbocycles. The second kappa shape index (κ2) is 8.96. The van der Waals surface area contributed by atoms with E-state index < -0.39 is 0 Å². The number of methoxy groups -OCH3 is 1. The summed E-state index contributed by atoms with van der Waals surface area (Å²) in [5, 5.41) is 3.46. The molecule has 0 radical (unpaired) electrons. The van der Waals surface area contributed by atoms with Crippen LogP contribution in [0.15, 0.2) is 65.1 Å². The van der Waals surface area contributed by atoms with Gasteiger partial charge in [-0.15, -0.1) is 0 Å². The van der Waals surface area contributed by atoms with E-state index in [-0.39, 0.29) is 0 Å². The molecule has 3 aromatic rings. The van der Waals surface area contributed by atoms with Gasteiger partial charge in [0.2, 0.25) is 0 Å². The van der Waals surface area contributed by atoms with E-state index in [9.17, 15) is 0 Å². The average Bonchev–Trinajstić information content (AvgIpc) is 2.68. The quantitative estimate of drug-likeness (QED) is 0.483. The van der Waals surface area contributed by atoms with Crippen molar-refractivity contribution in [1.29, 1.82) is 0 Å². The fourth-order valence-corrected chi connectivity index (χ4v) is 3.00. The van der Waals surface area contributed by atoms with Crippen LogP contribution in [-0.4, -0.2) is 7.11 Å². The normalized spacial score (nSPS) is 10.5. The molecule has 4 heteroatoms. The van der Waals surface area contributed by atoms with Crippen LogP contribution in [0.4, 0.5) is 5.69 Å². The molecule has 0 aromatic heterocycles. The molecule has 0 aliphatic carbocycles. The summed E-state index contributed by atoms with van der Waals surface area (Å²) in [5.41, 5.74) is 5.96. The Morgan fingerprint density at radius 3 is 2.26 bits per heavy atom. The average molecular weight is 426 g/mol. The third-order valence-corrected chi connectivity index (χ3v) is 5.07. The van der Waals surface area contributed by atoms with Crippen LogP contribution < -0.4 is 14.8 Å². The van der Waals surface area contributed by atoms with E-state index in [2.05, 4.69) is 59.4 Å². The number of benzene rings is 3. The van der Waals surface area contributed by atoms with Crippen molar-refractivity contribution in [3.8, 4) is 11.5 Å². The van der Waals surface area contributed by atoms with Crippen LogP contribution in [0.2, 0.25) is 0 Å². The number of ether oxygens (including phenoxy) is 2.